The fourth-order valence-corrected chi connectivity index (χ4v) is 3.05. The van der Waals surface area contributed by atoms with Gasteiger partial charge in [-0.2, -0.15) is 0 Å². The number of nitrogens with zero attached hydrogens (tertiary/aromatic N) is 2. The summed E-state index contributed by atoms with van der Waals surface area (Å²) in [6.07, 6.45) is 2.22. The van der Waals surface area contributed by atoms with Crippen LogP contribution in [-0.2, 0) is 17.1 Å². The fourth-order valence-electron chi connectivity index (χ4n) is 1.82. The van der Waals surface area contributed by atoms with Gasteiger partial charge in [-0.05, 0) is 17.5 Å². The Bertz CT molecular complexity index is 492. The van der Waals surface area contributed by atoms with E-state index in [-0.39, 0.29) is 22.8 Å². The molecule has 0 radical (unpaired) electrons. The van der Waals surface area contributed by atoms with Crippen LogP contribution in [0.5, 0.6) is 0 Å². The minimum absolute atomic E-state index is 0.0249. The molecule has 0 aliphatic heterocycles. The number of rotatable bonds is 7. The number of hydrogen-bond acceptors (Lipinski definition) is 4. The minimum atomic E-state index is -3.73. The highest BCUT2D eigenvalue weighted by Gasteiger charge is 2.22. The Morgan fingerprint density at radius 1 is 1.47 bits per heavy atom. The van der Waals surface area contributed by atoms with Crippen LogP contribution in [0.1, 0.15) is 26.7 Å². The summed E-state index contributed by atoms with van der Waals surface area (Å²) >= 11 is 5.70. The van der Waals surface area contributed by atoms with Gasteiger partial charge in [0.25, 0.3) is 10.0 Å². The van der Waals surface area contributed by atoms with Crippen LogP contribution >= 0.6 is 11.6 Å². The molecular formula is C11H20ClN3O3S. The highest BCUT2D eigenvalue weighted by atomic mass is 35.5. The molecule has 1 unspecified atom stereocenters. The van der Waals surface area contributed by atoms with Crippen molar-refractivity contribution < 1.29 is 13.5 Å². The number of halogens is 1. The lowest BCUT2D eigenvalue weighted by Gasteiger charge is -2.19. The summed E-state index contributed by atoms with van der Waals surface area (Å²) < 4.78 is 27.7. The molecule has 0 bridgehead atoms. The second kappa shape index (κ2) is 6.69. The van der Waals surface area contributed by atoms with Crippen LogP contribution in [0.25, 0.3) is 0 Å². The van der Waals surface area contributed by atoms with E-state index < -0.39 is 16.1 Å². The van der Waals surface area contributed by atoms with Crippen LogP contribution in [0.2, 0.25) is 5.28 Å². The molecule has 8 heteroatoms. The zero-order valence-electron chi connectivity index (χ0n) is 11.3. The van der Waals surface area contributed by atoms with Crippen molar-refractivity contribution in [3.63, 3.8) is 0 Å². The maximum atomic E-state index is 11.9. The van der Waals surface area contributed by atoms with Gasteiger partial charge in [-0.1, -0.05) is 26.7 Å². The van der Waals surface area contributed by atoms with E-state index in [0.29, 0.717) is 0 Å². The number of aromatic nitrogens is 2. The lowest BCUT2D eigenvalue weighted by molar-refractivity contribution is 0.107. The van der Waals surface area contributed by atoms with E-state index in [1.807, 2.05) is 13.8 Å². The minimum Gasteiger partial charge on any atom is -0.391 e. The molecule has 0 aliphatic carbocycles. The standard InChI is InChI=1S/C11H20ClN3O3S/c1-4-8(5-2)9(16)6-13-19(17,18)10-7-15(3)11(12)14-10/h7-9,13,16H,4-6H2,1-3H3. The van der Waals surface area contributed by atoms with Crippen molar-refractivity contribution in [2.24, 2.45) is 13.0 Å². The van der Waals surface area contributed by atoms with Gasteiger partial charge in [0.1, 0.15) is 0 Å². The number of aliphatic hydroxyl groups is 1. The molecule has 1 aromatic heterocycles. The third kappa shape index (κ3) is 4.17. The van der Waals surface area contributed by atoms with E-state index in [9.17, 15) is 13.5 Å². The van der Waals surface area contributed by atoms with Gasteiger partial charge in [0.15, 0.2) is 5.03 Å². The van der Waals surface area contributed by atoms with Gasteiger partial charge in [-0.3, -0.25) is 0 Å². The number of imidazole rings is 1. The largest absolute Gasteiger partial charge is 0.391 e. The van der Waals surface area contributed by atoms with Gasteiger partial charge >= 0.3 is 0 Å². The Morgan fingerprint density at radius 3 is 2.47 bits per heavy atom. The summed E-state index contributed by atoms with van der Waals surface area (Å²) in [7, 11) is -2.13. The topological polar surface area (TPSA) is 84.2 Å². The molecule has 110 valence electrons. The van der Waals surface area contributed by atoms with Gasteiger partial charge in [0.2, 0.25) is 5.28 Å². The van der Waals surface area contributed by atoms with Crippen LogP contribution in [-0.4, -0.2) is 35.7 Å². The predicted octanol–water partition coefficient (Wildman–Crippen LogP) is 1.15. The fraction of sp³-hybridized carbons (Fsp3) is 0.727. The van der Waals surface area contributed by atoms with Crippen molar-refractivity contribution in [3.8, 4) is 0 Å². The molecule has 19 heavy (non-hydrogen) atoms. The highest BCUT2D eigenvalue weighted by Crippen LogP contribution is 2.15. The summed E-state index contributed by atoms with van der Waals surface area (Å²) in [5.41, 5.74) is 0. The first-order valence-corrected chi connectivity index (χ1v) is 8.04. The molecule has 6 nitrogen and oxygen atoms in total. The van der Waals surface area contributed by atoms with Crippen LogP contribution in [0.15, 0.2) is 11.2 Å². The van der Waals surface area contributed by atoms with Crippen molar-refractivity contribution in [1.29, 1.82) is 0 Å². The van der Waals surface area contributed by atoms with E-state index in [0.717, 1.165) is 12.8 Å². The number of aliphatic hydroxyl groups excluding tert-OH is 1. The third-order valence-electron chi connectivity index (χ3n) is 3.15. The second-order valence-corrected chi connectivity index (χ2v) is 6.51. The zero-order valence-corrected chi connectivity index (χ0v) is 12.9. The number of nitrogens with one attached hydrogen (secondary N) is 1. The summed E-state index contributed by atoms with van der Waals surface area (Å²) in [5, 5.41) is 9.86. The lowest BCUT2D eigenvalue weighted by atomic mass is 9.97. The highest BCUT2D eigenvalue weighted by molar-refractivity contribution is 7.89. The molecule has 0 saturated heterocycles. The summed E-state index contributed by atoms with van der Waals surface area (Å²) in [6.45, 7) is 3.90. The van der Waals surface area contributed by atoms with Crippen molar-refractivity contribution >= 4 is 21.6 Å². The molecule has 0 spiro atoms. The van der Waals surface area contributed by atoms with Crippen molar-refractivity contribution in [3.05, 3.63) is 11.5 Å². The number of aryl methyl sites for hydroxylation is 1. The van der Waals surface area contributed by atoms with E-state index >= 15 is 0 Å². The molecule has 0 aromatic carbocycles. The van der Waals surface area contributed by atoms with Gasteiger partial charge < -0.3 is 9.67 Å². The van der Waals surface area contributed by atoms with Crippen LogP contribution in [0, 0.1) is 5.92 Å². The summed E-state index contributed by atoms with van der Waals surface area (Å²) in [5.74, 6) is 0.0787. The zero-order chi connectivity index (χ0) is 14.6. The van der Waals surface area contributed by atoms with Crippen molar-refractivity contribution in [2.75, 3.05) is 6.54 Å². The van der Waals surface area contributed by atoms with E-state index in [2.05, 4.69) is 9.71 Å². The average molecular weight is 310 g/mol. The first-order valence-electron chi connectivity index (χ1n) is 6.18. The van der Waals surface area contributed by atoms with E-state index in [1.165, 1.54) is 10.8 Å². The Balaban J connectivity index is 2.71. The van der Waals surface area contributed by atoms with Gasteiger partial charge in [-0.25, -0.2) is 18.1 Å². The maximum Gasteiger partial charge on any atom is 0.259 e. The molecule has 2 N–H and O–H groups in total. The van der Waals surface area contributed by atoms with E-state index in [4.69, 9.17) is 11.6 Å². The monoisotopic (exact) mass is 309 g/mol. The SMILES string of the molecule is CCC(CC)C(O)CNS(=O)(=O)c1cn(C)c(Cl)n1. The number of sulfonamides is 1. The lowest BCUT2D eigenvalue weighted by Crippen LogP contribution is -2.36. The number of hydrogen-bond donors (Lipinski definition) is 2. The molecule has 1 aromatic rings. The van der Waals surface area contributed by atoms with Crippen LogP contribution < -0.4 is 4.72 Å². The summed E-state index contributed by atoms with van der Waals surface area (Å²) in [4.78, 5) is 3.74. The molecule has 0 fully saturated rings. The van der Waals surface area contributed by atoms with Crippen LogP contribution in [0.4, 0.5) is 0 Å². The average Bonchev–Trinajstić information content (AvgIpc) is 2.70. The van der Waals surface area contributed by atoms with Gasteiger partial charge in [-0.15, -0.1) is 0 Å². The third-order valence-corrected chi connectivity index (χ3v) is 4.79. The predicted molar refractivity (Wildman–Crippen MR) is 73.5 cm³/mol. The first-order chi connectivity index (χ1) is 8.81. The molecule has 0 aliphatic rings. The van der Waals surface area contributed by atoms with Gasteiger partial charge in [0, 0.05) is 19.8 Å². The Hall–Kier alpha value is -0.630. The molecule has 1 rings (SSSR count). The van der Waals surface area contributed by atoms with Gasteiger partial charge in [0.05, 0.1) is 6.10 Å². The van der Waals surface area contributed by atoms with Crippen LogP contribution in [0.3, 0.4) is 0 Å². The molecule has 1 atom stereocenters. The van der Waals surface area contributed by atoms with Crippen molar-refractivity contribution in [1.82, 2.24) is 14.3 Å². The summed E-state index contributed by atoms with van der Waals surface area (Å²) in [6, 6.07) is 0. The van der Waals surface area contributed by atoms with Crippen molar-refractivity contribution in [2.45, 2.75) is 37.8 Å². The quantitative estimate of drug-likeness (QED) is 0.791. The maximum absolute atomic E-state index is 11.9. The Kier molecular flexibility index (Phi) is 5.79. The Morgan fingerprint density at radius 2 is 2.05 bits per heavy atom. The second-order valence-electron chi connectivity index (χ2n) is 4.45. The molecule has 0 amide bonds. The smallest absolute Gasteiger partial charge is 0.259 e. The Labute approximate surface area is 118 Å². The normalized spacial score (nSPS) is 14.0. The molecule has 0 saturated carbocycles. The first kappa shape index (κ1) is 16.4. The molecular weight excluding hydrogens is 290 g/mol. The van der Waals surface area contributed by atoms with E-state index in [1.54, 1.807) is 7.05 Å². The molecule has 1 heterocycles.